The molecule has 0 aliphatic carbocycles. The molecule has 17 heavy (non-hydrogen) atoms. The molecule has 0 bridgehead atoms. The number of hydrogen-bond donors (Lipinski definition) is 1. The van der Waals surface area contributed by atoms with E-state index >= 15 is 0 Å². The highest BCUT2D eigenvalue weighted by molar-refractivity contribution is 5.32. The molecule has 0 radical (unpaired) electrons. The Morgan fingerprint density at radius 1 is 1.41 bits per heavy atom. The molecule has 0 atom stereocenters. The zero-order valence-electron chi connectivity index (χ0n) is 10.6. The SMILES string of the molecule is C#CCNCCN(C)Cc1ccccc1OC. The maximum Gasteiger partial charge on any atom is 0.123 e. The fraction of sp³-hybridized carbons (Fsp3) is 0.429. The van der Waals surface area contributed by atoms with Crippen LogP contribution in [0.15, 0.2) is 24.3 Å². The molecule has 0 aromatic heterocycles. The third-order valence-electron chi connectivity index (χ3n) is 2.53. The van der Waals surface area contributed by atoms with Gasteiger partial charge in [0.15, 0.2) is 0 Å². The smallest absolute Gasteiger partial charge is 0.123 e. The first kappa shape index (κ1) is 13.6. The predicted octanol–water partition coefficient (Wildman–Crippen LogP) is 1.35. The van der Waals surface area contributed by atoms with Gasteiger partial charge in [0.25, 0.3) is 0 Å². The van der Waals surface area contributed by atoms with Crippen LogP contribution >= 0.6 is 0 Å². The van der Waals surface area contributed by atoms with E-state index < -0.39 is 0 Å². The summed E-state index contributed by atoms with van der Waals surface area (Å²) in [7, 11) is 3.79. The second kappa shape index (κ2) is 7.72. The lowest BCUT2D eigenvalue weighted by atomic mass is 10.2. The van der Waals surface area contributed by atoms with Gasteiger partial charge in [0.05, 0.1) is 13.7 Å². The standard InChI is InChI=1S/C14H20N2O/c1-4-9-15-10-11-16(2)12-13-7-5-6-8-14(13)17-3/h1,5-8,15H,9-12H2,2-3H3. The quantitative estimate of drug-likeness (QED) is 0.567. The van der Waals surface area contributed by atoms with E-state index in [4.69, 9.17) is 11.2 Å². The van der Waals surface area contributed by atoms with Gasteiger partial charge in [0.1, 0.15) is 5.75 Å². The van der Waals surface area contributed by atoms with Crippen molar-refractivity contribution in [2.24, 2.45) is 0 Å². The Labute approximate surface area is 104 Å². The number of hydrogen-bond acceptors (Lipinski definition) is 3. The van der Waals surface area contributed by atoms with Crippen LogP contribution in [0.2, 0.25) is 0 Å². The number of para-hydroxylation sites is 1. The number of terminal acetylenes is 1. The number of rotatable bonds is 7. The normalized spacial score (nSPS) is 10.2. The van der Waals surface area contributed by atoms with Crippen LogP contribution in [0, 0.1) is 12.3 Å². The summed E-state index contributed by atoms with van der Waals surface area (Å²) in [6.07, 6.45) is 5.16. The molecule has 3 nitrogen and oxygen atoms in total. The van der Waals surface area contributed by atoms with Crippen molar-refractivity contribution in [3.63, 3.8) is 0 Å². The van der Waals surface area contributed by atoms with Gasteiger partial charge in [-0.15, -0.1) is 6.42 Å². The molecule has 1 N–H and O–H groups in total. The largest absolute Gasteiger partial charge is 0.496 e. The zero-order valence-corrected chi connectivity index (χ0v) is 10.6. The molecule has 0 aliphatic rings. The summed E-state index contributed by atoms with van der Waals surface area (Å²) in [6.45, 7) is 3.36. The molecular formula is C14H20N2O. The fourth-order valence-corrected chi connectivity index (χ4v) is 1.63. The minimum atomic E-state index is 0.627. The summed E-state index contributed by atoms with van der Waals surface area (Å²) in [5.74, 6) is 3.50. The monoisotopic (exact) mass is 232 g/mol. The highest BCUT2D eigenvalue weighted by Crippen LogP contribution is 2.18. The van der Waals surface area contributed by atoms with Crippen molar-refractivity contribution in [2.45, 2.75) is 6.54 Å². The number of likely N-dealkylation sites (N-methyl/N-ethyl adjacent to an activating group) is 1. The van der Waals surface area contributed by atoms with Gasteiger partial charge in [-0.2, -0.15) is 0 Å². The van der Waals surface area contributed by atoms with Gasteiger partial charge < -0.3 is 15.0 Å². The summed E-state index contributed by atoms with van der Waals surface area (Å²) in [5, 5.41) is 3.17. The molecule has 0 aliphatic heterocycles. The third-order valence-corrected chi connectivity index (χ3v) is 2.53. The van der Waals surface area contributed by atoms with E-state index in [2.05, 4.69) is 29.3 Å². The lowest BCUT2D eigenvalue weighted by molar-refractivity contribution is 0.317. The van der Waals surface area contributed by atoms with Gasteiger partial charge in [0.2, 0.25) is 0 Å². The van der Waals surface area contributed by atoms with Gasteiger partial charge >= 0.3 is 0 Å². The van der Waals surface area contributed by atoms with Crippen molar-refractivity contribution in [3.8, 4) is 18.1 Å². The van der Waals surface area contributed by atoms with Crippen molar-refractivity contribution in [1.29, 1.82) is 0 Å². The summed E-state index contributed by atoms with van der Waals surface area (Å²) in [4.78, 5) is 2.24. The Morgan fingerprint density at radius 2 is 2.18 bits per heavy atom. The average Bonchev–Trinajstić information content (AvgIpc) is 2.35. The van der Waals surface area contributed by atoms with Crippen molar-refractivity contribution in [3.05, 3.63) is 29.8 Å². The predicted molar refractivity (Wildman–Crippen MR) is 71.0 cm³/mol. The zero-order chi connectivity index (χ0) is 12.5. The lowest BCUT2D eigenvalue weighted by Gasteiger charge is -2.18. The Morgan fingerprint density at radius 3 is 2.88 bits per heavy atom. The van der Waals surface area contributed by atoms with Crippen LogP contribution < -0.4 is 10.1 Å². The summed E-state index contributed by atoms with van der Waals surface area (Å²) >= 11 is 0. The first-order chi connectivity index (χ1) is 8.27. The summed E-state index contributed by atoms with van der Waals surface area (Å²) in [5.41, 5.74) is 1.20. The van der Waals surface area contributed by atoms with Crippen molar-refractivity contribution in [1.82, 2.24) is 10.2 Å². The van der Waals surface area contributed by atoms with E-state index in [1.54, 1.807) is 7.11 Å². The van der Waals surface area contributed by atoms with Gasteiger partial charge in [0, 0.05) is 25.2 Å². The van der Waals surface area contributed by atoms with Crippen molar-refractivity contribution in [2.75, 3.05) is 33.8 Å². The highest BCUT2D eigenvalue weighted by Gasteiger charge is 2.04. The highest BCUT2D eigenvalue weighted by atomic mass is 16.5. The molecule has 0 saturated heterocycles. The molecule has 0 amide bonds. The lowest BCUT2D eigenvalue weighted by Crippen LogP contribution is -2.29. The van der Waals surface area contributed by atoms with E-state index in [1.165, 1.54) is 5.56 Å². The fourth-order valence-electron chi connectivity index (χ4n) is 1.63. The molecule has 1 aromatic carbocycles. The van der Waals surface area contributed by atoms with Crippen LogP contribution in [-0.4, -0.2) is 38.7 Å². The first-order valence-electron chi connectivity index (χ1n) is 5.72. The second-order valence-electron chi connectivity index (χ2n) is 3.93. The topological polar surface area (TPSA) is 24.5 Å². The van der Waals surface area contributed by atoms with Crippen LogP contribution in [-0.2, 0) is 6.54 Å². The second-order valence-corrected chi connectivity index (χ2v) is 3.93. The molecule has 1 aromatic rings. The minimum Gasteiger partial charge on any atom is -0.496 e. The third kappa shape index (κ3) is 4.90. The summed E-state index contributed by atoms with van der Waals surface area (Å²) in [6, 6.07) is 8.09. The number of methoxy groups -OCH3 is 1. The van der Waals surface area contributed by atoms with Crippen molar-refractivity contribution >= 4 is 0 Å². The molecular weight excluding hydrogens is 212 g/mol. The Bertz CT molecular complexity index is 371. The Kier molecular flexibility index (Phi) is 6.16. The van der Waals surface area contributed by atoms with E-state index in [1.807, 2.05) is 18.2 Å². The Balaban J connectivity index is 2.39. The van der Waals surface area contributed by atoms with Crippen LogP contribution in [0.4, 0.5) is 0 Å². The van der Waals surface area contributed by atoms with E-state index in [0.717, 1.165) is 25.4 Å². The molecule has 0 spiro atoms. The molecule has 92 valence electrons. The number of nitrogens with zero attached hydrogens (tertiary/aromatic N) is 1. The molecule has 0 saturated carbocycles. The van der Waals surface area contributed by atoms with Crippen LogP contribution in [0.1, 0.15) is 5.56 Å². The first-order valence-corrected chi connectivity index (χ1v) is 5.72. The van der Waals surface area contributed by atoms with Gasteiger partial charge in [-0.25, -0.2) is 0 Å². The van der Waals surface area contributed by atoms with Gasteiger partial charge in [-0.1, -0.05) is 24.1 Å². The maximum atomic E-state index is 5.32. The molecule has 0 heterocycles. The number of benzene rings is 1. The van der Waals surface area contributed by atoms with E-state index in [9.17, 15) is 0 Å². The maximum absolute atomic E-state index is 5.32. The van der Waals surface area contributed by atoms with Crippen molar-refractivity contribution < 1.29 is 4.74 Å². The minimum absolute atomic E-state index is 0.627. The van der Waals surface area contributed by atoms with Gasteiger partial charge in [-0.3, -0.25) is 0 Å². The summed E-state index contributed by atoms with van der Waals surface area (Å²) < 4.78 is 5.32. The van der Waals surface area contributed by atoms with Crippen LogP contribution in [0.5, 0.6) is 5.75 Å². The van der Waals surface area contributed by atoms with Crippen LogP contribution in [0.25, 0.3) is 0 Å². The number of nitrogens with one attached hydrogen (secondary N) is 1. The van der Waals surface area contributed by atoms with E-state index in [0.29, 0.717) is 6.54 Å². The number of ether oxygens (including phenoxy) is 1. The Hall–Kier alpha value is -1.50. The average molecular weight is 232 g/mol. The molecule has 0 unspecified atom stereocenters. The van der Waals surface area contributed by atoms with Crippen LogP contribution in [0.3, 0.4) is 0 Å². The molecule has 3 heteroatoms. The molecule has 1 rings (SSSR count). The van der Waals surface area contributed by atoms with Gasteiger partial charge in [-0.05, 0) is 13.1 Å². The van der Waals surface area contributed by atoms with E-state index in [-0.39, 0.29) is 0 Å². The molecule has 0 fully saturated rings.